The topological polar surface area (TPSA) is 47.6 Å². The Kier molecular flexibility index (Phi) is 6.44. The second kappa shape index (κ2) is 8.80. The molecule has 1 aliphatic rings. The Morgan fingerprint density at radius 2 is 1.81 bits per heavy atom. The number of ether oxygens (including phenoxy) is 2. The molecule has 0 unspecified atom stereocenters. The number of rotatable bonds is 6. The van der Waals surface area contributed by atoms with Gasteiger partial charge >= 0.3 is 6.61 Å². The Bertz CT molecular complexity index is 777. The second-order valence-corrected chi connectivity index (χ2v) is 7.29. The van der Waals surface area contributed by atoms with Crippen molar-refractivity contribution in [2.24, 2.45) is 0 Å². The van der Waals surface area contributed by atoms with Gasteiger partial charge in [-0.15, -0.1) is 0 Å². The molecule has 3 rings (SSSR count). The van der Waals surface area contributed by atoms with Gasteiger partial charge in [0.1, 0.15) is 5.75 Å². The van der Waals surface area contributed by atoms with Gasteiger partial charge in [0.05, 0.1) is 5.41 Å². The SMILES string of the molecule is O=C(NCc1ccccc1OC(F)F)C1(c2ccc(Br)cc2)CCOCC1. The molecule has 0 spiro atoms. The number of amides is 1. The molecule has 27 heavy (non-hydrogen) atoms. The number of carbonyl (C=O) groups excluding carboxylic acids is 1. The van der Waals surface area contributed by atoms with Crippen molar-refractivity contribution >= 4 is 21.8 Å². The molecule has 7 heteroatoms. The fraction of sp³-hybridized carbons (Fsp3) is 0.350. The molecular weight excluding hydrogens is 420 g/mol. The molecule has 0 atom stereocenters. The van der Waals surface area contributed by atoms with Crippen molar-refractivity contribution < 1.29 is 23.0 Å². The van der Waals surface area contributed by atoms with Gasteiger partial charge in [-0.1, -0.05) is 46.3 Å². The molecule has 1 fully saturated rings. The van der Waals surface area contributed by atoms with E-state index in [2.05, 4.69) is 26.0 Å². The molecule has 2 aromatic rings. The summed E-state index contributed by atoms with van der Waals surface area (Å²) in [5.74, 6) is -0.0718. The van der Waals surface area contributed by atoms with Crippen LogP contribution in [-0.4, -0.2) is 25.7 Å². The highest BCUT2D eigenvalue weighted by molar-refractivity contribution is 9.10. The number of alkyl halides is 2. The standard InChI is InChI=1S/C20H20BrF2NO3/c21-16-7-5-15(6-8-16)20(9-11-26-12-10-20)18(25)24-13-14-3-1-2-4-17(14)27-19(22)23/h1-8,19H,9-13H2,(H,24,25). The average Bonchev–Trinajstić information content (AvgIpc) is 2.67. The van der Waals surface area contributed by atoms with Crippen LogP contribution in [0.5, 0.6) is 5.75 Å². The van der Waals surface area contributed by atoms with E-state index in [9.17, 15) is 13.6 Å². The maximum absolute atomic E-state index is 13.1. The molecule has 0 radical (unpaired) electrons. The number of hydrogen-bond donors (Lipinski definition) is 1. The third kappa shape index (κ3) is 4.65. The van der Waals surface area contributed by atoms with Gasteiger partial charge in [-0.05, 0) is 36.6 Å². The summed E-state index contributed by atoms with van der Waals surface area (Å²) in [6.07, 6.45) is 1.13. The molecular formula is C20H20BrF2NO3. The maximum Gasteiger partial charge on any atom is 0.387 e. The lowest BCUT2D eigenvalue weighted by Gasteiger charge is -2.36. The van der Waals surface area contributed by atoms with E-state index in [0.29, 0.717) is 31.6 Å². The number of benzene rings is 2. The van der Waals surface area contributed by atoms with Crippen LogP contribution in [0.4, 0.5) is 8.78 Å². The zero-order chi connectivity index (χ0) is 19.3. The number of hydrogen-bond acceptors (Lipinski definition) is 3. The third-order valence-corrected chi connectivity index (χ3v) is 5.33. The van der Waals surface area contributed by atoms with Crippen LogP contribution in [0.25, 0.3) is 0 Å². The second-order valence-electron chi connectivity index (χ2n) is 6.37. The lowest BCUT2D eigenvalue weighted by Crippen LogP contribution is -2.47. The Hall–Kier alpha value is -1.99. The van der Waals surface area contributed by atoms with E-state index >= 15 is 0 Å². The number of nitrogens with one attached hydrogen (secondary N) is 1. The van der Waals surface area contributed by atoms with Crippen LogP contribution in [-0.2, 0) is 21.5 Å². The molecule has 2 aromatic carbocycles. The van der Waals surface area contributed by atoms with Gasteiger partial charge in [-0.25, -0.2) is 0 Å². The molecule has 144 valence electrons. The summed E-state index contributed by atoms with van der Waals surface area (Å²) in [7, 11) is 0. The molecule has 1 heterocycles. The summed E-state index contributed by atoms with van der Waals surface area (Å²) in [6.45, 7) is -1.81. The van der Waals surface area contributed by atoms with Crippen molar-refractivity contribution in [3.05, 3.63) is 64.1 Å². The zero-order valence-corrected chi connectivity index (χ0v) is 16.2. The van der Waals surface area contributed by atoms with Gasteiger partial charge in [-0.3, -0.25) is 4.79 Å². The minimum Gasteiger partial charge on any atom is -0.434 e. The molecule has 1 N–H and O–H groups in total. The van der Waals surface area contributed by atoms with Crippen LogP contribution in [0, 0.1) is 0 Å². The first kappa shape index (κ1) is 19.8. The molecule has 0 bridgehead atoms. The van der Waals surface area contributed by atoms with E-state index in [1.165, 1.54) is 6.07 Å². The van der Waals surface area contributed by atoms with Gasteiger partial charge in [0.25, 0.3) is 0 Å². The van der Waals surface area contributed by atoms with Gasteiger partial charge in [0.2, 0.25) is 5.91 Å². The van der Waals surface area contributed by atoms with E-state index in [1.54, 1.807) is 18.2 Å². The van der Waals surface area contributed by atoms with E-state index < -0.39 is 12.0 Å². The lowest BCUT2D eigenvalue weighted by atomic mass is 9.73. The molecule has 0 saturated carbocycles. The van der Waals surface area contributed by atoms with Crippen LogP contribution in [0.3, 0.4) is 0 Å². The summed E-state index contributed by atoms with van der Waals surface area (Å²) in [5, 5.41) is 2.91. The van der Waals surface area contributed by atoms with Crippen LogP contribution in [0.15, 0.2) is 53.0 Å². The van der Waals surface area contributed by atoms with Crippen LogP contribution in [0.2, 0.25) is 0 Å². The van der Waals surface area contributed by atoms with E-state index in [1.807, 2.05) is 24.3 Å². The fourth-order valence-electron chi connectivity index (χ4n) is 3.34. The Morgan fingerprint density at radius 1 is 1.15 bits per heavy atom. The number of halogens is 3. The first-order valence-electron chi connectivity index (χ1n) is 8.66. The quantitative estimate of drug-likeness (QED) is 0.724. The van der Waals surface area contributed by atoms with Crippen molar-refractivity contribution in [3.8, 4) is 5.75 Å². The molecule has 0 aromatic heterocycles. The van der Waals surface area contributed by atoms with Crippen molar-refractivity contribution in [2.45, 2.75) is 31.4 Å². The first-order chi connectivity index (χ1) is 13.0. The summed E-state index contributed by atoms with van der Waals surface area (Å²) < 4.78 is 36.1. The maximum atomic E-state index is 13.1. The highest BCUT2D eigenvalue weighted by Crippen LogP contribution is 2.36. The highest BCUT2D eigenvalue weighted by atomic mass is 79.9. The van der Waals surface area contributed by atoms with Gasteiger partial charge < -0.3 is 14.8 Å². The van der Waals surface area contributed by atoms with Gasteiger partial charge in [0, 0.05) is 29.8 Å². The van der Waals surface area contributed by atoms with Crippen molar-refractivity contribution in [1.29, 1.82) is 0 Å². The van der Waals surface area contributed by atoms with Gasteiger partial charge in [0.15, 0.2) is 0 Å². The summed E-state index contributed by atoms with van der Waals surface area (Å²) >= 11 is 3.41. The molecule has 0 aliphatic carbocycles. The van der Waals surface area contributed by atoms with Crippen LogP contribution >= 0.6 is 15.9 Å². The molecule has 1 saturated heterocycles. The average molecular weight is 440 g/mol. The summed E-state index contributed by atoms with van der Waals surface area (Å²) in [5.41, 5.74) is 0.727. The van der Waals surface area contributed by atoms with Crippen LogP contribution < -0.4 is 10.1 Å². The fourth-order valence-corrected chi connectivity index (χ4v) is 3.61. The smallest absolute Gasteiger partial charge is 0.387 e. The highest BCUT2D eigenvalue weighted by Gasteiger charge is 2.41. The molecule has 4 nitrogen and oxygen atoms in total. The minimum absolute atomic E-state index is 0.0671. The largest absolute Gasteiger partial charge is 0.434 e. The van der Waals surface area contributed by atoms with Gasteiger partial charge in [-0.2, -0.15) is 8.78 Å². The van der Waals surface area contributed by atoms with E-state index in [-0.39, 0.29) is 18.2 Å². The minimum atomic E-state index is -2.91. The summed E-state index contributed by atoms with van der Waals surface area (Å²) in [4.78, 5) is 13.1. The summed E-state index contributed by atoms with van der Waals surface area (Å²) in [6, 6.07) is 14.1. The normalized spacial score (nSPS) is 16.1. The predicted octanol–water partition coefficient (Wildman–Crippen LogP) is 4.42. The predicted molar refractivity (Wildman–Crippen MR) is 101 cm³/mol. The van der Waals surface area contributed by atoms with Crippen LogP contribution in [0.1, 0.15) is 24.0 Å². The molecule has 1 amide bonds. The monoisotopic (exact) mass is 439 g/mol. The van der Waals surface area contributed by atoms with E-state index in [0.717, 1.165) is 10.0 Å². The molecule has 1 aliphatic heterocycles. The number of para-hydroxylation sites is 1. The van der Waals surface area contributed by atoms with Crippen molar-refractivity contribution in [2.75, 3.05) is 13.2 Å². The zero-order valence-electron chi connectivity index (χ0n) is 14.6. The first-order valence-corrected chi connectivity index (χ1v) is 9.45. The third-order valence-electron chi connectivity index (χ3n) is 4.81. The Labute approximate surface area is 165 Å². The van der Waals surface area contributed by atoms with Crippen molar-refractivity contribution in [1.82, 2.24) is 5.32 Å². The Morgan fingerprint density at radius 3 is 2.48 bits per heavy atom. The Balaban J connectivity index is 1.79. The lowest BCUT2D eigenvalue weighted by molar-refractivity contribution is -0.130. The van der Waals surface area contributed by atoms with E-state index in [4.69, 9.17) is 4.74 Å². The van der Waals surface area contributed by atoms with Crippen molar-refractivity contribution in [3.63, 3.8) is 0 Å². The number of carbonyl (C=O) groups is 1.